The summed E-state index contributed by atoms with van der Waals surface area (Å²) in [6, 6.07) is 0. The zero-order valence-electron chi connectivity index (χ0n) is 12.3. The second-order valence-electron chi connectivity index (χ2n) is 6.03. The number of likely N-dealkylation sites (tertiary alicyclic amines) is 1. The number of hydrogen-bond donors (Lipinski definition) is 0. The van der Waals surface area contributed by atoms with E-state index < -0.39 is 0 Å². The molecule has 1 aliphatic rings. The minimum absolute atomic E-state index is 0.0389. The van der Waals surface area contributed by atoms with Crippen LogP contribution in [0.5, 0.6) is 0 Å². The zero-order chi connectivity index (χ0) is 13.4. The lowest BCUT2D eigenvalue weighted by Crippen LogP contribution is -2.32. The van der Waals surface area contributed by atoms with Gasteiger partial charge < -0.3 is 9.64 Å². The second-order valence-corrected chi connectivity index (χ2v) is 6.03. The minimum Gasteiger partial charge on any atom is -0.465 e. The Bertz CT molecular complexity index is 245. The summed E-state index contributed by atoms with van der Waals surface area (Å²) in [4.78, 5) is 14.4. The van der Waals surface area contributed by atoms with Gasteiger partial charge in [0.2, 0.25) is 0 Å². The predicted molar refractivity (Wildman–Crippen MR) is 74.6 cm³/mol. The average Bonchev–Trinajstić information content (AvgIpc) is 2.35. The van der Waals surface area contributed by atoms with Crippen LogP contribution in [0.1, 0.15) is 59.3 Å². The van der Waals surface area contributed by atoms with Crippen LogP contribution in [0, 0.1) is 5.41 Å². The highest BCUT2D eigenvalue weighted by molar-refractivity contribution is 5.75. The van der Waals surface area contributed by atoms with Gasteiger partial charge in [0.05, 0.1) is 12.0 Å². The normalized spacial score (nSPS) is 17.7. The predicted octanol–water partition coefficient (Wildman–Crippen LogP) is 3.23. The smallest absolute Gasteiger partial charge is 0.311 e. The summed E-state index contributed by atoms with van der Waals surface area (Å²) in [5, 5.41) is 0. The summed E-state index contributed by atoms with van der Waals surface area (Å²) in [5.74, 6) is -0.0389. The molecule has 0 aromatic rings. The number of esters is 1. The number of nitrogens with zero attached hydrogens (tertiary/aromatic N) is 1. The van der Waals surface area contributed by atoms with E-state index >= 15 is 0 Å². The fraction of sp³-hybridized carbons (Fsp3) is 0.933. The van der Waals surface area contributed by atoms with Gasteiger partial charge in [0.1, 0.15) is 0 Å². The summed E-state index contributed by atoms with van der Waals surface area (Å²) in [7, 11) is 0. The minimum atomic E-state index is -0.320. The first-order chi connectivity index (χ1) is 8.56. The fourth-order valence-electron chi connectivity index (χ4n) is 2.56. The first kappa shape index (κ1) is 15.5. The van der Waals surface area contributed by atoms with Crippen LogP contribution in [0.2, 0.25) is 0 Å². The van der Waals surface area contributed by atoms with Crippen LogP contribution in [0.4, 0.5) is 0 Å². The van der Waals surface area contributed by atoms with Crippen molar-refractivity contribution >= 4 is 5.97 Å². The molecule has 18 heavy (non-hydrogen) atoms. The van der Waals surface area contributed by atoms with E-state index in [4.69, 9.17) is 4.74 Å². The number of carbonyl (C=O) groups is 1. The van der Waals surface area contributed by atoms with Crippen molar-refractivity contribution in [1.82, 2.24) is 4.90 Å². The quantitative estimate of drug-likeness (QED) is 0.517. The molecule has 0 aliphatic carbocycles. The van der Waals surface area contributed by atoms with E-state index in [0.717, 1.165) is 25.8 Å². The molecule has 106 valence electrons. The molecular formula is C15H29NO2. The Labute approximate surface area is 112 Å². The third-order valence-electron chi connectivity index (χ3n) is 3.73. The van der Waals surface area contributed by atoms with Crippen LogP contribution in [0.15, 0.2) is 0 Å². The van der Waals surface area contributed by atoms with Crippen molar-refractivity contribution in [3.8, 4) is 0 Å². The Kier molecular flexibility index (Phi) is 6.69. The van der Waals surface area contributed by atoms with Crippen molar-refractivity contribution < 1.29 is 9.53 Å². The molecule has 0 spiro atoms. The van der Waals surface area contributed by atoms with Crippen LogP contribution in [-0.2, 0) is 9.53 Å². The molecule has 1 saturated heterocycles. The van der Waals surface area contributed by atoms with Gasteiger partial charge in [-0.2, -0.15) is 0 Å². The van der Waals surface area contributed by atoms with E-state index in [1.807, 2.05) is 13.8 Å². The maximum atomic E-state index is 11.9. The van der Waals surface area contributed by atoms with E-state index in [1.165, 1.54) is 32.4 Å². The van der Waals surface area contributed by atoms with Crippen LogP contribution >= 0.6 is 0 Å². The Hall–Kier alpha value is -0.570. The number of carbonyl (C=O) groups excluding carboxylic acids is 1. The number of hydrogen-bond acceptors (Lipinski definition) is 3. The molecule has 0 unspecified atom stereocenters. The van der Waals surface area contributed by atoms with E-state index in [1.54, 1.807) is 0 Å². The molecule has 0 amide bonds. The number of piperidine rings is 1. The molecule has 1 aliphatic heterocycles. The summed E-state index contributed by atoms with van der Waals surface area (Å²) in [5.41, 5.74) is -0.320. The van der Waals surface area contributed by atoms with Crippen LogP contribution < -0.4 is 0 Å². The first-order valence-electron chi connectivity index (χ1n) is 7.46. The van der Waals surface area contributed by atoms with Crippen LogP contribution in [0.25, 0.3) is 0 Å². The van der Waals surface area contributed by atoms with Gasteiger partial charge in [0.15, 0.2) is 0 Å². The molecule has 0 N–H and O–H groups in total. The van der Waals surface area contributed by atoms with Crippen LogP contribution in [0.3, 0.4) is 0 Å². The third-order valence-corrected chi connectivity index (χ3v) is 3.73. The van der Waals surface area contributed by atoms with Gasteiger partial charge in [-0.1, -0.05) is 19.8 Å². The van der Waals surface area contributed by atoms with Gasteiger partial charge in [-0.05, 0) is 52.6 Å². The van der Waals surface area contributed by atoms with Crippen molar-refractivity contribution in [3.63, 3.8) is 0 Å². The molecule has 0 bridgehead atoms. The molecule has 0 atom stereocenters. The summed E-state index contributed by atoms with van der Waals surface area (Å²) < 4.78 is 5.38. The van der Waals surface area contributed by atoms with Crippen molar-refractivity contribution in [2.24, 2.45) is 5.41 Å². The van der Waals surface area contributed by atoms with Gasteiger partial charge >= 0.3 is 5.97 Å². The van der Waals surface area contributed by atoms with Gasteiger partial charge in [-0.25, -0.2) is 0 Å². The van der Waals surface area contributed by atoms with E-state index in [9.17, 15) is 4.79 Å². The molecule has 0 radical (unpaired) electrons. The lowest BCUT2D eigenvalue weighted by molar-refractivity contribution is -0.154. The van der Waals surface area contributed by atoms with E-state index in [2.05, 4.69) is 11.8 Å². The molecule has 3 nitrogen and oxygen atoms in total. The van der Waals surface area contributed by atoms with Gasteiger partial charge in [0, 0.05) is 6.54 Å². The summed E-state index contributed by atoms with van der Waals surface area (Å²) >= 11 is 0. The van der Waals surface area contributed by atoms with Crippen molar-refractivity contribution in [2.75, 3.05) is 26.2 Å². The SMILES string of the molecule is CCCC(C)(C)C(=O)OCCCN1CCCCC1. The van der Waals surface area contributed by atoms with E-state index in [-0.39, 0.29) is 11.4 Å². The van der Waals surface area contributed by atoms with E-state index in [0.29, 0.717) is 6.61 Å². The molecule has 0 saturated carbocycles. The molecular weight excluding hydrogens is 226 g/mol. The Balaban J connectivity index is 2.11. The lowest BCUT2D eigenvalue weighted by atomic mass is 9.88. The van der Waals surface area contributed by atoms with Gasteiger partial charge in [0.25, 0.3) is 0 Å². The van der Waals surface area contributed by atoms with Gasteiger partial charge in [-0.15, -0.1) is 0 Å². The largest absolute Gasteiger partial charge is 0.465 e. The van der Waals surface area contributed by atoms with Crippen molar-refractivity contribution in [3.05, 3.63) is 0 Å². The maximum Gasteiger partial charge on any atom is 0.311 e. The highest BCUT2D eigenvalue weighted by Crippen LogP contribution is 2.23. The lowest BCUT2D eigenvalue weighted by Gasteiger charge is -2.26. The monoisotopic (exact) mass is 255 g/mol. The number of rotatable bonds is 7. The Morgan fingerprint density at radius 2 is 1.89 bits per heavy atom. The Morgan fingerprint density at radius 1 is 1.22 bits per heavy atom. The topological polar surface area (TPSA) is 29.5 Å². The molecule has 0 aromatic carbocycles. The Morgan fingerprint density at radius 3 is 2.50 bits per heavy atom. The number of ether oxygens (including phenoxy) is 1. The van der Waals surface area contributed by atoms with Crippen molar-refractivity contribution in [1.29, 1.82) is 0 Å². The fourth-order valence-corrected chi connectivity index (χ4v) is 2.56. The first-order valence-corrected chi connectivity index (χ1v) is 7.46. The zero-order valence-corrected chi connectivity index (χ0v) is 12.3. The highest BCUT2D eigenvalue weighted by atomic mass is 16.5. The average molecular weight is 255 g/mol. The molecule has 0 aromatic heterocycles. The van der Waals surface area contributed by atoms with Gasteiger partial charge in [-0.3, -0.25) is 4.79 Å². The summed E-state index contributed by atoms with van der Waals surface area (Å²) in [6.45, 7) is 10.1. The van der Waals surface area contributed by atoms with Crippen LogP contribution in [-0.4, -0.2) is 37.1 Å². The maximum absolute atomic E-state index is 11.9. The molecule has 3 heteroatoms. The highest BCUT2D eigenvalue weighted by Gasteiger charge is 2.27. The molecule has 1 rings (SSSR count). The standard InChI is InChI=1S/C15H29NO2/c1-4-9-15(2,3)14(17)18-13-8-12-16-10-6-5-7-11-16/h4-13H2,1-3H3. The third kappa shape index (κ3) is 5.38. The molecule has 1 heterocycles. The van der Waals surface area contributed by atoms with Crippen molar-refractivity contribution in [2.45, 2.75) is 59.3 Å². The molecule has 1 fully saturated rings. The summed E-state index contributed by atoms with van der Waals surface area (Å²) in [6.07, 6.45) is 6.91. The second kappa shape index (κ2) is 7.78.